The van der Waals surface area contributed by atoms with Crippen LogP contribution in [0.3, 0.4) is 0 Å². The van der Waals surface area contributed by atoms with E-state index in [1.807, 2.05) is 61.5 Å². The standard InChI is InChI=1S/C21H25N3O3/c1-3-18(15-9-11-17(27-2)12-10-15)22-21(26)23-19-13-14-24(20(19)25)16-7-5-4-6-8-16/h4-12,18-19H,3,13-14H2,1-2H3,(H2,22,23,26). The van der Waals surface area contributed by atoms with E-state index in [1.165, 1.54) is 0 Å². The molecule has 6 heteroatoms. The lowest BCUT2D eigenvalue weighted by Crippen LogP contribution is -2.47. The highest BCUT2D eigenvalue weighted by atomic mass is 16.5. The molecule has 0 saturated carbocycles. The maximum atomic E-state index is 12.6. The largest absolute Gasteiger partial charge is 0.497 e. The molecule has 1 fully saturated rings. The number of hydrogen-bond donors (Lipinski definition) is 2. The Morgan fingerprint density at radius 3 is 2.52 bits per heavy atom. The van der Waals surface area contributed by atoms with Gasteiger partial charge in [0, 0.05) is 12.2 Å². The van der Waals surface area contributed by atoms with Gasteiger partial charge in [-0.2, -0.15) is 0 Å². The van der Waals surface area contributed by atoms with Gasteiger partial charge < -0.3 is 20.3 Å². The average molecular weight is 367 g/mol. The average Bonchev–Trinajstić information content (AvgIpc) is 3.07. The van der Waals surface area contributed by atoms with Gasteiger partial charge in [0.15, 0.2) is 0 Å². The van der Waals surface area contributed by atoms with Crippen LogP contribution in [0.2, 0.25) is 0 Å². The van der Waals surface area contributed by atoms with Gasteiger partial charge in [0.1, 0.15) is 11.8 Å². The first-order valence-electron chi connectivity index (χ1n) is 9.19. The van der Waals surface area contributed by atoms with E-state index in [0.29, 0.717) is 13.0 Å². The fourth-order valence-corrected chi connectivity index (χ4v) is 3.29. The van der Waals surface area contributed by atoms with Gasteiger partial charge in [0.2, 0.25) is 5.91 Å². The van der Waals surface area contributed by atoms with Gasteiger partial charge in [-0.1, -0.05) is 37.3 Å². The Labute approximate surface area is 159 Å². The van der Waals surface area contributed by atoms with Crippen LogP contribution in [0.5, 0.6) is 5.75 Å². The Morgan fingerprint density at radius 2 is 1.89 bits per heavy atom. The number of rotatable bonds is 6. The fraction of sp³-hybridized carbons (Fsp3) is 0.333. The zero-order valence-electron chi connectivity index (χ0n) is 15.6. The van der Waals surface area contributed by atoms with E-state index >= 15 is 0 Å². The monoisotopic (exact) mass is 367 g/mol. The lowest BCUT2D eigenvalue weighted by molar-refractivity contribution is -0.118. The molecule has 1 aliphatic rings. The predicted octanol–water partition coefficient (Wildman–Crippen LogP) is 3.25. The third-order valence-corrected chi connectivity index (χ3v) is 4.81. The van der Waals surface area contributed by atoms with Crippen LogP contribution >= 0.6 is 0 Å². The first kappa shape index (κ1) is 18.8. The number of nitrogens with zero attached hydrogens (tertiary/aromatic N) is 1. The second-order valence-corrected chi connectivity index (χ2v) is 6.52. The molecule has 2 unspecified atom stereocenters. The molecule has 0 aromatic heterocycles. The fourth-order valence-electron chi connectivity index (χ4n) is 3.29. The van der Waals surface area contributed by atoms with E-state index in [2.05, 4.69) is 10.6 Å². The minimum atomic E-state index is -0.501. The topological polar surface area (TPSA) is 70.7 Å². The quantitative estimate of drug-likeness (QED) is 0.823. The molecular weight excluding hydrogens is 342 g/mol. The molecule has 3 amide bonds. The molecule has 1 aliphatic heterocycles. The summed E-state index contributed by atoms with van der Waals surface area (Å²) in [6, 6.07) is 16.2. The summed E-state index contributed by atoms with van der Waals surface area (Å²) in [4.78, 5) is 26.8. The van der Waals surface area contributed by atoms with Crippen molar-refractivity contribution in [2.45, 2.75) is 31.8 Å². The van der Waals surface area contributed by atoms with E-state index in [4.69, 9.17) is 4.74 Å². The highest BCUT2D eigenvalue weighted by Gasteiger charge is 2.33. The molecular formula is C21H25N3O3. The Kier molecular flexibility index (Phi) is 5.96. The summed E-state index contributed by atoms with van der Waals surface area (Å²) < 4.78 is 5.17. The normalized spacial score (nSPS) is 17.5. The van der Waals surface area contributed by atoms with Crippen LogP contribution in [0.25, 0.3) is 0 Å². The van der Waals surface area contributed by atoms with E-state index < -0.39 is 6.04 Å². The summed E-state index contributed by atoms with van der Waals surface area (Å²) >= 11 is 0. The number of ether oxygens (including phenoxy) is 1. The van der Waals surface area contributed by atoms with Crippen LogP contribution in [0.4, 0.5) is 10.5 Å². The third-order valence-electron chi connectivity index (χ3n) is 4.81. The second kappa shape index (κ2) is 8.58. The van der Waals surface area contributed by atoms with Crippen molar-refractivity contribution >= 4 is 17.6 Å². The van der Waals surface area contributed by atoms with Crippen molar-refractivity contribution in [3.05, 3.63) is 60.2 Å². The number of anilines is 1. The van der Waals surface area contributed by atoms with Crippen molar-refractivity contribution in [3.8, 4) is 5.75 Å². The van der Waals surface area contributed by atoms with Crippen molar-refractivity contribution in [1.29, 1.82) is 0 Å². The number of urea groups is 1. The zero-order valence-corrected chi connectivity index (χ0v) is 15.6. The molecule has 0 spiro atoms. The molecule has 1 saturated heterocycles. The van der Waals surface area contributed by atoms with E-state index in [1.54, 1.807) is 12.0 Å². The minimum absolute atomic E-state index is 0.0751. The van der Waals surface area contributed by atoms with Crippen molar-refractivity contribution in [3.63, 3.8) is 0 Å². The maximum Gasteiger partial charge on any atom is 0.315 e. The SMILES string of the molecule is CCC(NC(=O)NC1CCN(c2ccccc2)C1=O)c1ccc(OC)cc1. The van der Waals surface area contributed by atoms with Gasteiger partial charge >= 0.3 is 6.03 Å². The Balaban J connectivity index is 1.59. The van der Waals surface area contributed by atoms with Crippen LogP contribution in [0, 0.1) is 0 Å². The van der Waals surface area contributed by atoms with E-state index in [0.717, 1.165) is 23.4 Å². The smallest absolute Gasteiger partial charge is 0.315 e. The summed E-state index contributed by atoms with van der Waals surface area (Å²) in [5.41, 5.74) is 1.86. The summed E-state index contributed by atoms with van der Waals surface area (Å²) in [5.74, 6) is 0.699. The summed E-state index contributed by atoms with van der Waals surface area (Å²) in [6.45, 7) is 2.61. The van der Waals surface area contributed by atoms with Crippen LogP contribution in [-0.4, -0.2) is 31.6 Å². The zero-order chi connectivity index (χ0) is 19.2. The number of amides is 3. The highest BCUT2D eigenvalue weighted by molar-refractivity contribution is 6.01. The lowest BCUT2D eigenvalue weighted by Gasteiger charge is -2.20. The van der Waals surface area contributed by atoms with Gasteiger partial charge in [0.05, 0.1) is 13.2 Å². The van der Waals surface area contributed by atoms with Gasteiger partial charge in [-0.05, 0) is 42.7 Å². The molecule has 2 aromatic carbocycles. The summed E-state index contributed by atoms with van der Waals surface area (Å²) in [5, 5.41) is 5.78. The number of para-hydroxylation sites is 1. The van der Waals surface area contributed by atoms with Gasteiger partial charge in [-0.25, -0.2) is 4.79 Å². The van der Waals surface area contributed by atoms with Crippen LogP contribution in [-0.2, 0) is 4.79 Å². The Morgan fingerprint density at radius 1 is 1.19 bits per heavy atom. The highest BCUT2D eigenvalue weighted by Crippen LogP contribution is 2.22. The van der Waals surface area contributed by atoms with Crippen LogP contribution in [0.1, 0.15) is 31.4 Å². The van der Waals surface area contributed by atoms with E-state index in [9.17, 15) is 9.59 Å². The molecule has 0 aliphatic carbocycles. The van der Waals surface area contributed by atoms with Gasteiger partial charge in [-0.3, -0.25) is 4.79 Å². The first-order valence-corrected chi connectivity index (χ1v) is 9.19. The number of carbonyl (C=O) groups is 2. The molecule has 2 N–H and O–H groups in total. The van der Waals surface area contributed by atoms with Crippen molar-refractivity contribution in [1.82, 2.24) is 10.6 Å². The Hall–Kier alpha value is -3.02. The lowest BCUT2D eigenvalue weighted by atomic mass is 10.0. The molecule has 3 rings (SSSR count). The number of nitrogens with one attached hydrogen (secondary N) is 2. The van der Waals surface area contributed by atoms with Gasteiger partial charge in [0.25, 0.3) is 0 Å². The summed E-state index contributed by atoms with van der Waals surface area (Å²) in [6.07, 6.45) is 1.34. The number of hydrogen-bond acceptors (Lipinski definition) is 3. The number of carbonyl (C=O) groups excluding carboxylic acids is 2. The molecule has 0 radical (unpaired) electrons. The van der Waals surface area contributed by atoms with Crippen LogP contribution in [0.15, 0.2) is 54.6 Å². The van der Waals surface area contributed by atoms with Gasteiger partial charge in [-0.15, -0.1) is 0 Å². The van der Waals surface area contributed by atoms with Crippen molar-refractivity contribution in [2.75, 3.05) is 18.6 Å². The summed E-state index contributed by atoms with van der Waals surface area (Å²) in [7, 11) is 1.62. The van der Waals surface area contributed by atoms with Crippen LogP contribution < -0.4 is 20.3 Å². The molecule has 0 bridgehead atoms. The molecule has 6 nitrogen and oxygen atoms in total. The second-order valence-electron chi connectivity index (χ2n) is 6.52. The molecule has 1 heterocycles. The van der Waals surface area contributed by atoms with Crippen molar-refractivity contribution < 1.29 is 14.3 Å². The molecule has 142 valence electrons. The van der Waals surface area contributed by atoms with E-state index in [-0.39, 0.29) is 18.0 Å². The first-order chi connectivity index (χ1) is 13.1. The third kappa shape index (κ3) is 4.39. The predicted molar refractivity (Wildman–Crippen MR) is 105 cm³/mol. The Bertz CT molecular complexity index is 777. The number of benzene rings is 2. The minimum Gasteiger partial charge on any atom is -0.497 e. The number of methoxy groups -OCH3 is 1. The van der Waals surface area contributed by atoms with Crippen molar-refractivity contribution in [2.24, 2.45) is 0 Å². The molecule has 27 heavy (non-hydrogen) atoms. The molecule has 2 atom stereocenters. The molecule has 2 aromatic rings. The maximum absolute atomic E-state index is 12.6.